The third kappa shape index (κ3) is 3.46. The molecule has 0 aromatic heterocycles. The zero-order valence-corrected chi connectivity index (χ0v) is 6.80. The smallest absolute Gasteiger partial charge is 0.144 e. The minimum absolute atomic E-state index is 0.131. The topological polar surface area (TPSA) is 57.9 Å². The van der Waals surface area contributed by atoms with Crippen molar-refractivity contribution >= 4 is 10.7 Å². The summed E-state index contributed by atoms with van der Waals surface area (Å²) in [6.45, 7) is 1.91. The van der Waals surface area contributed by atoms with Gasteiger partial charge in [-0.2, -0.15) is 5.26 Å². The fraction of sp³-hybridized carbons (Fsp3) is 0.833. The highest BCUT2D eigenvalue weighted by Gasteiger charge is 2.08. The van der Waals surface area contributed by atoms with E-state index in [4.69, 9.17) is 5.26 Å². The number of nitrogens with zero attached hydrogens (tertiary/aromatic N) is 1. The van der Waals surface area contributed by atoms with Gasteiger partial charge in [0.25, 0.3) is 0 Å². The van der Waals surface area contributed by atoms with Crippen molar-refractivity contribution in [3.63, 3.8) is 0 Å². The number of hydrogen-bond donors (Lipinski definition) is 1. The van der Waals surface area contributed by atoms with Gasteiger partial charge >= 0.3 is 0 Å². The summed E-state index contributed by atoms with van der Waals surface area (Å²) in [5.41, 5.74) is 0. The van der Waals surface area contributed by atoms with Crippen LogP contribution in [0.4, 0.5) is 0 Å². The average molecular weight is 161 g/mol. The largest absolute Gasteiger partial charge is 0.232 e. The van der Waals surface area contributed by atoms with E-state index >= 15 is 0 Å². The molecule has 0 N–H and O–H groups in total. The molecule has 0 rings (SSSR count). The third-order valence-electron chi connectivity index (χ3n) is 1.25. The quantitative estimate of drug-likeness (QED) is 0.617. The first-order valence-corrected chi connectivity index (χ1v) is 4.47. The molecule has 10 heavy (non-hydrogen) atoms. The number of nitriles is 1. The molecule has 0 aliphatic heterocycles. The third-order valence-corrected chi connectivity index (χ3v) is 2.28. The number of rotatable bonds is 4. The highest BCUT2D eigenvalue weighted by molar-refractivity contribution is 7.73. The summed E-state index contributed by atoms with van der Waals surface area (Å²) in [4.78, 5) is 0. The number of hydrogen-bond acceptors (Lipinski definition) is 3. The Morgan fingerprint density at radius 2 is 2.20 bits per heavy atom. The predicted octanol–water partition coefficient (Wildman–Crippen LogP) is 0.680. The zero-order chi connectivity index (χ0) is 7.98. The standard InChI is InChI=1S/C6H11NO2S/c1-2-3-6(4-5-7)10(8)9/h6,10H,2-4H2,1H3. The molecule has 0 heterocycles. The van der Waals surface area contributed by atoms with Crippen molar-refractivity contribution in [3.05, 3.63) is 0 Å². The lowest BCUT2D eigenvalue weighted by Gasteiger charge is -2.00. The maximum Gasteiger partial charge on any atom is 0.144 e. The van der Waals surface area contributed by atoms with Gasteiger partial charge < -0.3 is 0 Å². The maximum atomic E-state index is 10.4. The van der Waals surface area contributed by atoms with Crippen molar-refractivity contribution in [2.24, 2.45) is 0 Å². The van der Waals surface area contributed by atoms with Crippen LogP contribution < -0.4 is 0 Å². The highest BCUT2D eigenvalue weighted by atomic mass is 32.2. The van der Waals surface area contributed by atoms with Crippen molar-refractivity contribution in [2.75, 3.05) is 0 Å². The molecule has 0 aliphatic rings. The Balaban J connectivity index is 3.88. The van der Waals surface area contributed by atoms with Crippen LogP contribution in [0.5, 0.6) is 0 Å². The van der Waals surface area contributed by atoms with E-state index in [0.29, 0.717) is 6.42 Å². The van der Waals surface area contributed by atoms with Gasteiger partial charge in [0.05, 0.1) is 17.7 Å². The molecule has 0 saturated carbocycles. The molecular weight excluding hydrogens is 150 g/mol. The van der Waals surface area contributed by atoms with Crippen LogP contribution in [0.15, 0.2) is 0 Å². The molecule has 4 heteroatoms. The van der Waals surface area contributed by atoms with Crippen LogP contribution in [-0.4, -0.2) is 13.7 Å². The molecule has 0 bridgehead atoms. The molecule has 1 atom stereocenters. The summed E-state index contributed by atoms with van der Waals surface area (Å²) < 4.78 is 20.7. The van der Waals surface area contributed by atoms with Crippen LogP contribution in [0.3, 0.4) is 0 Å². The van der Waals surface area contributed by atoms with Gasteiger partial charge in [-0.25, -0.2) is 8.42 Å². The Morgan fingerprint density at radius 1 is 1.60 bits per heavy atom. The van der Waals surface area contributed by atoms with Gasteiger partial charge in [-0.1, -0.05) is 13.3 Å². The highest BCUT2D eigenvalue weighted by Crippen LogP contribution is 2.03. The molecule has 0 saturated heterocycles. The van der Waals surface area contributed by atoms with E-state index in [9.17, 15) is 8.42 Å². The van der Waals surface area contributed by atoms with Crippen LogP contribution >= 0.6 is 0 Å². The van der Waals surface area contributed by atoms with Crippen LogP contribution in [0.25, 0.3) is 0 Å². The summed E-state index contributed by atoms with van der Waals surface area (Å²) >= 11 is 0. The number of thiol groups is 1. The molecular formula is C6H11NO2S. The van der Waals surface area contributed by atoms with Gasteiger partial charge in [0.2, 0.25) is 0 Å². The second-order valence-corrected chi connectivity index (χ2v) is 3.39. The van der Waals surface area contributed by atoms with E-state index in [1.807, 2.05) is 13.0 Å². The van der Waals surface area contributed by atoms with Crippen molar-refractivity contribution < 1.29 is 8.42 Å². The molecule has 0 aromatic rings. The van der Waals surface area contributed by atoms with E-state index < -0.39 is 16.0 Å². The molecule has 0 aromatic carbocycles. The van der Waals surface area contributed by atoms with Gasteiger partial charge in [-0.05, 0) is 6.42 Å². The molecule has 0 amide bonds. The summed E-state index contributed by atoms with van der Waals surface area (Å²) in [7, 11) is -2.40. The van der Waals surface area contributed by atoms with Gasteiger partial charge in [-0.3, -0.25) is 0 Å². The van der Waals surface area contributed by atoms with Crippen LogP contribution in [-0.2, 0) is 10.7 Å². The van der Waals surface area contributed by atoms with Crippen LogP contribution in [0, 0.1) is 11.3 Å². The minimum atomic E-state index is -2.40. The maximum absolute atomic E-state index is 10.4. The fourth-order valence-electron chi connectivity index (χ4n) is 0.721. The molecule has 0 fully saturated rings. The Morgan fingerprint density at radius 3 is 2.50 bits per heavy atom. The monoisotopic (exact) mass is 161 g/mol. The van der Waals surface area contributed by atoms with Gasteiger partial charge in [0.1, 0.15) is 10.7 Å². The first kappa shape index (κ1) is 9.44. The summed E-state index contributed by atoms with van der Waals surface area (Å²) in [5.74, 6) is 0. The molecule has 1 unspecified atom stereocenters. The van der Waals surface area contributed by atoms with Gasteiger partial charge in [-0.15, -0.1) is 0 Å². The van der Waals surface area contributed by atoms with Crippen molar-refractivity contribution in [2.45, 2.75) is 31.4 Å². The van der Waals surface area contributed by atoms with Gasteiger partial charge in [0.15, 0.2) is 0 Å². The minimum Gasteiger partial charge on any atom is -0.232 e. The lowest BCUT2D eigenvalue weighted by atomic mass is 10.2. The Kier molecular flexibility index (Phi) is 4.95. The first-order valence-electron chi connectivity index (χ1n) is 3.22. The van der Waals surface area contributed by atoms with Crippen molar-refractivity contribution in [3.8, 4) is 6.07 Å². The first-order chi connectivity index (χ1) is 4.72. The fourth-order valence-corrected chi connectivity index (χ4v) is 1.42. The molecule has 3 nitrogen and oxygen atoms in total. The SMILES string of the molecule is CCCC(CC#N)[SH](=O)=O. The molecule has 0 aliphatic carbocycles. The summed E-state index contributed by atoms with van der Waals surface area (Å²) in [6, 6.07) is 1.85. The average Bonchev–Trinajstić information content (AvgIpc) is 1.87. The van der Waals surface area contributed by atoms with Crippen LogP contribution in [0.2, 0.25) is 0 Å². The lowest BCUT2D eigenvalue weighted by molar-refractivity contribution is 0.589. The van der Waals surface area contributed by atoms with E-state index in [-0.39, 0.29) is 6.42 Å². The Hall–Kier alpha value is -0.560. The van der Waals surface area contributed by atoms with Crippen molar-refractivity contribution in [1.82, 2.24) is 0 Å². The van der Waals surface area contributed by atoms with Crippen LogP contribution in [0.1, 0.15) is 26.2 Å². The molecule has 58 valence electrons. The second-order valence-electron chi connectivity index (χ2n) is 2.09. The molecule has 0 radical (unpaired) electrons. The lowest BCUT2D eigenvalue weighted by Crippen LogP contribution is -2.07. The zero-order valence-electron chi connectivity index (χ0n) is 5.91. The Labute approximate surface area is 62.6 Å². The normalized spacial score (nSPS) is 12.9. The predicted molar refractivity (Wildman–Crippen MR) is 39.2 cm³/mol. The molecule has 0 spiro atoms. The van der Waals surface area contributed by atoms with E-state index in [1.165, 1.54) is 0 Å². The second kappa shape index (κ2) is 5.24. The van der Waals surface area contributed by atoms with E-state index in [0.717, 1.165) is 6.42 Å². The van der Waals surface area contributed by atoms with Crippen molar-refractivity contribution in [1.29, 1.82) is 5.26 Å². The summed E-state index contributed by atoms with van der Waals surface area (Å²) in [6.07, 6.45) is 1.55. The van der Waals surface area contributed by atoms with Gasteiger partial charge in [0, 0.05) is 0 Å². The van der Waals surface area contributed by atoms with E-state index in [1.54, 1.807) is 0 Å². The summed E-state index contributed by atoms with van der Waals surface area (Å²) in [5, 5.41) is 7.77. The van der Waals surface area contributed by atoms with E-state index in [2.05, 4.69) is 0 Å². The Bertz CT molecular complexity index is 184.